The molecule has 9 nitrogen and oxygen atoms in total. The van der Waals surface area contributed by atoms with Gasteiger partial charge in [0.15, 0.2) is 0 Å². The molecule has 41 heavy (non-hydrogen) atoms. The van der Waals surface area contributed by atoms with E-state index in [0.717, 1.165) is 35.5 Å². The van der Waals surface area contributed by atoms with Crippen LogP contribution in [0.1, 0.15) is 88.9 Å². The molecule has 6 rings (SSSR count). The highest BCUT2D eigenvalue weighted by Crippen LogP contribution is 2.36. The number of nitriles is 1. The number of anilines is 1. The number of hydrogen-bond donors (Lipinski definition) is 0. The Kier molecular flexibility index (Phi) is 6.82. The van der Waals surface area contributed by atoms with E-state index in [1.54, 1.807) is 17.0 Å². The first-order valence-electron chi connectivity index (χ1n) is 14.0. The van der Waals surface area contributed by atoms with E-state index in [9.17, 15) is 19.6 Å². The van der Waals surface area contributed by atoms with Crippen LogP contribution < -0.4 is 4.90 Å². The third kappa shape index (κ3) is 4.56. The number of rotatable bonds is 4. The minimum absolute atomic E-state index is 0.0360. The van der Waals surface area contributed by atoms with Gasteiger partial charge in [-0.1, -0.05) is 23.7 Å². The summed E-state index contributed by atoms with van der Waals surface area (Å²) in [5.74, 6) is -0.176. The molecule has 1 aromatic heterocycles. The SMILES string of the molecule is CC(c1ccc(N2CCCC2=O)cc1)N1C[C@@H](C)n2nc3c(c2C1=O)CN(C(=O)c1ccc(Cl)c(C#N)c1)[C@H](C)C3. The summed E-state index contributed by atoms with van der Waals surface area (Å²) in [5.41, 5.74) is 4.67. The molecular weight excluding hydrogens is 540 g/mol. The summed E-state index contributed by atoms with van der Waals surface area (Å²) in [7, 11) is 0. The second-order valence-corrected chi connectivity index (χ2v) is 11.6. The Balaban J connectivity index is 1.27. The second-order valence-electron chi connectivity index (χ2n) is 11.2. The molecule has 210 valence electrons. The lowest BCUT2D eigenvalue weighted by molar-refractivity contribution is -0.117. The zero-order chi connectivity index (χ0) is 29.0. The smallest absolute Gasteiger partial charge is 0.273 e. The van der Waals surface area contributed by atoms with Crippen molar-refractivity contribution >= 4 is 35.0 Å². The van der Waals surface area contributed by atoms with E-state index >= 15 is 0 Å². The third-order valence-electron chi connectivity index (χ3n) is 8.61. The number of benzene rings is 2. The maximum atomic E-state index is 14.0. The highest BCUT2D eigenvalue weighted by atomic mass is 35.5. The quantitative estimate of drug-likeness (QED) is 0.444. The van der Waals surface area contributed by atoms with Crippen molar-refractivity contribution in [3.05, 3.63) is 81.1 Å². The van der Waals surface area contributed by atoms with E-state index < -0.39 is 0 Å². The van der Waals surface area contributed by atoms with Crippen LogP contribution in [0.15, 0.2) is 42.5 Å². The van der Waals surface area contributed by atoms with E-state index in [4.69, 9.17) is 16.7 Å². The van der Waals surface area contributed by atoms with Crippen molar-refractivity contribution < 1.29 is 14.4 Å². The van der Waals surface area contributed by atoms with E-state index in [2.05, 4.69) is 6.92 Å². The number of amides is 3. The van der Waals surface area contributed by atoms with Gasteiger partial charge in [-0.25, -0.2) is 0 Å². The fourth-order valence-electron chi connectivity index (χ4n) is 6.24. The monoisotopic (exact) mass is 570 g/mol. The molecule has 0 radical (unpaired) electrons. The molecule has 4 heterocycles. The second kappa shape index (κ2) is 10.3. The van der Waals surface area contributed by atoms with Crippen molar-refractivity contribution in [1.82, 2.24) is 19.6 Å². The zero-order valence-electron chi connectivity index (χ0n) is 23.3. The highest BCUT2D eigenvalue weighted by Gasteiger charge is 2.40. The topological polar surface area (TPSA) is 103 Å². The van der Waals surface area contributed by atoms with Crippen molar-refractivity contribution in [3.8, 4) is 6.07 Å². The number of fused-ring (bicyclic) bond motifs is 3. The summed E-state index contributed by atoms with van der Waals surface area (Å²) in [6.45, 7) is 7.55. The van der Waals surface area contributed by atoms with Gasteiger partial charge in [-0.3, -0.25) is 19.1 Å². The van der Waals surface area contributed by atoms with Crippen molar-refractivity contribution in [2.24, 2.45) is 0 Å². The molecule has 3 aliphatic heterocycles. The van der Waals surface area contributed by atoms with Crippen LogP contribution in [-0.4, -0.2) is 56.4 Å². The molecule has 2 aromatic carbocycles. The molecule has 3 aromatic rings. The summed E-state index contributed by atoms with van der Waals surface area (Å²) >= 11 is 6.09. The molecule has 3 amide bonds. The molecule has 3 atom stereocenters. The van der Waals surface area contributed by atoms with Gasteiger partial charge in [0.25, 0.3) is 11.8 Å². The number of halogens is 1. The average Bonchev–Trinajstić information content (AvgIpc) is 3.57. The van der Waals surface area contributed by atoms with E-state index in [0.29, 0.717) is 35.7 Å². The van der Waals surface area contributed by atoms with Crippen LogP contribution in [0.2, 0.25) is 5.02 Å². The van der Waals surface area contributed by atoms with Crippen LogP contribution >= 0.6 is 11.6 Å². The number of hydrogen-bond acceptors (Lipinski definition) is 5. The molecule has 0 aliphatic carbocycles. The van der Waals surface area contributed by atoms with Gasteiger partial charge in [-0.2, -0.15) is 10.4 Å². The number of aromatic nitrogens is 2. The average molecular weight is 571 g/mol. The first-order valence-corrected chi connectivity index (χ1v) is 14.4. The zero-order valence-corrected chi connectivity index (χ0v) is 24.1. The Morgan fingerprint density at radius 2 is 1.88 bits per heavy atom. The first-order chi connectivity index (χ1) is 19.7. The van der Waals surface area contributed by atoms with Crippen LogP contribution in [0, 0.1) is 11.3 Å². The van der Waals surface area contributed by atoms with Crippen molar-refractivity contribution in [2.45, 2.75) is 64.7 Å². The molecule has 10 heteroatoms. The van der Waals surface area contributed by atoms with Gasteiger partial charge in [-0.15, -0.1) is 0 Å². The molecule has 0 bridgehead atoms. The Bertz CT molecular complexity index is 1610. The van der Waals surface area contributed by atoms with E-state index in [1.807, 2.05) is 58.7 Å². The lowest BCUT2D eigenvalue weighted by Gasteiger charge is -2.37. The van der Waals surface area contributed by atoms with Crippen molar-refractivity contribution in [3.63, 3.8) is 0 Å². The minimum atomic E-state index is -0.214. The molecule has 1 unspecified atom stereocenters. The maximum absolute atomic E-state index is 14.0. The molecule has 1 saturated heterocycles. The van der Waals surface area contributed by atoms with Gasteiger partial charge in [0, 0.05) is 48.8 Å². The molecule has 0 saturated carbocycles. The van der Waals surface area contributed by atoms with Gasteiger partial charge in [0.1, 0.15) is 11.8 Å². The maximum Gasteiger partial charge on any atom is 0.273 e. The van der Waals surface area contributed by atoms with Crippen molar-refractivity contribution in [1.29, 1.82) is 5.26 Å². The number of nitrogens with zero attached hydrogens (tertiary/aromatic N) is 6. The Morgan fingerprint density at radius 1 is 1.12 bits per heavy atom. The predicted molar refractivity (Wildman–Crippen MR) is 154 cm³/mol. The first kappa shape index (κ1) is 27.0. The molecule has 0 spiro atoms. The summed E-state index contributed by atoms with van der Waals surface area (Å²) in [4.78, 5) is 45.2. The van der Waals surface area contributed by atoms with Gasteiger partial charge in [-0.05, 0) is 63.1 Å². The Labute approximate surface area is 243 Å². The van der Waals surface area contributed by atoms with Crippen LogP contribution in [0.5, 0.6) is 0 Å². The van der Waals surface area contributed by atoms with Crippen LogP contribution in [0.3, 0.4) is 0 Å². The molecule has 0 N–H and O–H groups in total. The summed E-state index contributed by atoms with van der Waals surface area (Å²) < 4.78 is 1.83. The lowest BCUT2D eigenvalue weighted by atomic mass is 9.96. The molecular formula is C31H31ClN6O3. The lowest BCUT2D eigenvalue weighted by Crippen LogP contribution is -2.45. The fourth-order valence-corrected chi connectivity index (χ4v) is 6.40. The summed E-state index contributed by atoms with van der Waals surface area (Å²) in [6.07, 6.45) is 1.99. The van der Waals surface area contributed by atoms with E-state index in [-0.39, 0.29) is 48.0 Å². The minimum Gasteiger partial charge on any atom is -0.331 e. The Morgan fingerprint density at radius 3 is 2.56 bits per heavy atom. The van der Waals surface area contributed by atoms with Crippen molar-refractivity contribution in [2.75, 3.05) is 18.0 Å². The molecule has 3 aliphatic rings. The molecule has 1 fully saturated rings. The van der Waals surface area contributed by atoms with Crippen LogP contribution in [-0.2, 0) is 17.8 Å². The standard InChI is InChI=1S/C31H31ClN6O3/c1-18-13-27-25(17-36(18)30(40)22-8-11-26(32)23(14-22)15-33)29-31(41)37(16-19(2)38(29)34-27)20(3)21-6-9-24(10-7-21)35-12-4-5-28(35)39/h6-11,14,18-20H,4-5,12-13,16-17H2,1-3H3/t18-,19-,20?/m1/s1. The number of carbonyl (C=O) groups excluding carboxylic acids is 3. The van der Waals surface area contributed by atoms with E-state index in [1.165, 1.54) is 6.07 Å². The van der Waals surface area contributed by atoms with Gasteiger partial charge >= 0.3 is 0 Å². The predicted octanol–water partition coefficient (Wildman–Crippen LogP) is 4.90. The summed E-state index contributed by atoms with van der Waals surface area (Å²) in [5, 5.41) is 14.5. The van der Waals surface area contributed by atoms with Crippen LogP contribution in [0.25, 0.3) is 0 Å². The summed E-state index contributed by atoms with van der Waals surface area (Å²) in [6, 6.07) is 14.3. The normalized spacial score (nSPS) is 21.0. The third-order valence-corrected chi connectivity index (χ3v) is 8.94. The van der Waals surface area contributed by atoms with Gasteiger partial charge in [0.05, 0.1) is 34.9 Å². The largest absolute Gasteiger partial charge is 0.331 e. The van der Waals surface area contributed by atoms with Gasteiger partial charge in [0.2, 0.25) is 5.91 Å². The highest BCUT2D eigenvalue weighted by molar-refractivity contribution is 6.31. The Hall–Kier alpha value is -4.16. The fraction of sp³-hybridized carbons (Fsp3) is 0.387. The van der Waals surface area contributed by atoms with Gasteiger partial charge < -0.3 is 14.7 Å². The number of carbonyl (C=O) groups is 3. The van der Waals surface area contributed by atoms with Crippen LogP contribution in [0.4, 0.5) is 5.69 Å².